The third-order valence-electron chi connectivity index (χ3n) is 2.85. The number of rotatable bonds is 6. The van der Waals surface area contributed by atoms with Crippen molar-refractivity contribution in [1.29, 1.82) is 0 Å². The van der Waals surface area contributed by atoms with E-state index < -0.39 is 34.9 Å². The van der Waals surface area contributed by atoms with Gasteiger partial charge in [-0.2, -0.15) is 0 Å². The van der Waals surface area contributed by atoms with Crippen molar-refractivity contribution in [1.82, 2.24) is 5.32 Å². The number of amides is 1. The summed E-state index contributed by atoms with van der Waals surface area (Å²) in [6.07, 6.45) is -1.40. The van der Waals surface area contributed by atoms with Gasteiger partial charge in [-0.15, -0.1) is 0 Å². The van der Waals surface area contributed by atoms with Crippen LogP contribution >= 0.6 is 0 Å². The SMILES string of the molecule is COC(=O)[C@H](NC(C)=O)[C@H](OC(C)=O)c1ccccc1[N+](=O)[O-]. The van der Waals surface area contributed by atoms with Crippen molar-refractivity contribution in [2.75, 3.05) is 7.11 Å². The van der Waals surface area contributed by atoms with Crippen LogP contribution in [0.4, 0.5) is 5.69 Å². The molecule has 0 fully saturated rings. The molecule has 0 saturated heterocycles. The van der Waals surface area contributed by atoms with Gasteiger partial charge in [0.25, 0.3) is 5.69 Å². The molecule has 0 radical (unpaired) electrons. The van der Waals surface area contributed by atoms with Gasteiger partial charge < -0.3 is 14.8 Å². The summed E-state index contributed by atoms with van der Waals surface area (Å²) in [6, 6.07) is 4.04. The van der Waals surface area contributed by atoms with Crippen molar-refractivity contribution >= 4 is 23.5 Å². The molecule has 124 valence electrons. The summed E-state index contributed by atoms with van der Waals surface area (Å²) in [4.78, 5) is 45.1. The normalized spacial score (nSPS) is 12.7. The number of ether oxygens (including phenoxy) is 2. The van der Waals surface area contributed by atoms with Gasteiger partial charge in [0.2, 0.25) is 5.91 Å². The molecule has 9 nitrogen and oxygen atoms in total. The molecule has 1 N–H and O–H groups in total. The Kier molecular flexibility index (Phi) is 6.19. The van der Waals surface area contributed by atoms with Gasteiger partial charge in [-0.05, 0) is 6.07 Å². The molecule has 1 amide bonds. The van der Waals surface area contributed by atoms with Gasteiger partial charge in [0.15, 0.2) is 12.1 Å². The monoisotopic (exact) mass is 324 g/mol. The first-order chi connectivity index (χ1) is 10.8. The van der Waals surface area contributed by atoms with Crippen molar-refractivity contribution < 1.29 is 28.8 Å². The topological polar surface area (TPSA) is 125 Å². The number of carbonyl (C=O) groups is 3. The summed E-state index contributed by atoms with van der Waals surface area (Å²) in [7, 11) is 1.08. The minimum Gasteiger partial charge on any atom is -0.467 e. The van der Waals surface area contributed by atoms with E-state index >= 15 is 0 Å². The average Bonchev–Trinajstić information content (AvgIpc) is 2.49. The van der Waals surface area contributed by atoms with Crippen LogP contribution in [0.2, 0.25) is 0 Å². The fourth-order valence-electron chi connectivity index (χ4n) is 1.99. The van der Waals surface area contributed by atoms with Gasteiger partial charge in [0.1, 0.15) is 0 Å². The standard InChI is InChI=1S/C14H16N2O7/c1-8(17)15-12(14(19)22-3)13(23-9(2)18)10-6-4-5-7-11(10)16(20)21/h4-7,12-13H,1-3H3,(H,15,17)/t12-,13-/m1/s1. The Morgan fingerprint density at radius 3 is 2.30 bits per heavy atom. The van der Waals surface area contributed by atoms with Gasteiger partial charge in [0, 0.05) is 19.9 Å². The quantitative estimate of drug-likeness (QED) is 0.467. The highest BCUT2D eigenvalue weighted by Gasteiger charge is 2.37. The van der Waals surface area contributed by atoms with Gasteiger partial charge in [-0.1, -0.05) is 12.1 Å². The van der Waals surface area contributed by atoms with Crippen LogP contribution in [0.3, 0.4) is 0 Å². The second-order valence-corrected chi connectivity index (χ2v) is 4.55. The molecule has 0 heterocycles. The van der Waals surface area contributed by atoms with E-state index in [0.29, 0.717) is 0 Å². The summed E-state index contributed by atoms with van der Waals surface area (Å²) < 4.78 is 9.64. The van der Waals surface area contributed by atoms with E-state index in [1.807, 2.05) is 0 Å². The maximum atomic E-state index is 11.9. The number of methoxy groups -OCH3 is 1. The molecule has 0 aliphatic rings. The molecule has 1 aromatic carbocycles. The minimum absolute atomic E-state index is 0.0307. The number of nitrogens with zero attached hydrogens (tertiary/aromatic N) is 1. The van der Waals surface area contributed by atoms with Crippen LogP contribution in [-0.2, 0) is 23.9 Å². The van der Waals surface area contributed by atoms with Crippen LogP contribution in [0.25, 0.3) is 0 Å². The first-order valence-electron chi connectivity index (χ1n) is 6.53. The molecule has 0 saturated carbocycles. The molecule has 0 bridgehead atoms. The lowest BCUT2D eigenvalue weighted by Gasteiger charge is -2.25. The van der Waals surface area contributed by atoms with Crippen LogP contribution in [0.1, 0.15) is 25.5 Å². The van der Waals surface area contributed by atoms with Crippen molar-refractivity contribution in [2.24, 2.45) is 0 Å². The van der Waals surface area contributed by atoms with E-state index in [1.54, 1.807) is 0 Å². The van der Waals surface area contributed by atoms with Gasteiger partial charge in [0.05, 0.1) is 17.6 Å². The highest BCUT2D eigenvalue weighted by molar-refractivity contribution is 5.84. The predicted octanol–water partition coefficient (Wildman–Crippen LogP) is 0.877. The molecule has 2 atom stereocenters. The predicted molar refractivity (Wildman–Crippen MR) is 77.2 cm³/mol. The fraction of sp³-hybridized carbons (Fsp3) is 0.357. The zero-order valence-electron chi connectivity index (χ0n) is 12.8. The molecule has 0 aliphatic carbocycles. The molecule has 1 rings (SSSR count). The molecule has 1 aromatic rings. The number of hydrogen-bond acceptors (Lipinski definition) is 7. The van der Waals surface area contributed by atoms with E-state index in [0.717, 1.165) is 21.0 Å². The molecular weight excluding hydrogens is 308 g/mol. The highest BCUT2D eigenvalue weighted by Crippen LogP contribution is 2.30. The molecule has 23 heavy (non-hydrogen) atoms. The molecule has 9 heteroatoms. The largest absolute Gasteiger partial charge is 0.467 e. The van der Waals surface area contributed by atoms with Crippen LogP contribution in [0.15, 0.2) is 24.3 Å². The lowest BCUT2D eigenvalue weighted by Crippen LogP contribution is -2.46. The van der Waals surface area contributed by atoms with E-state index in [1.165, 1.54) is 24.3 Å². The van der Waals surface area contributed by atoms with Gasteiger partial charge in [-0.3, -0.25) is 19.7 Å². The maximum absolute atomic E-state index is 11.9. The van der Waals surface area contributed by atoms with Gasteiger partial charge in [-0.25, -0.2) is 4.79 Å². The van der Waals surface area contributed by atoms with Crippen molar-refractivity contribution in [3.63, 3.8) is 0 Å². The number of para-hydroxylation sites is 1. The number of esters is 2. The number of carbonyl (C=O) groups excluding carboxylic acids is 3. The molecular formula is C14H16N2O7. The van der Waals surface area contributed by atoms with E-state index in [9.17, 15) is 24.5 Å². The summed E-state index contributed by atoms with van der Waals surface area (Å²) in [5, 5.41) is 13.4. The number of hydrogen-bond donors (Lipinski definition) is 1. The summed E-state index contributed by atoms with van der Waals surface area (Å²) in [5.74, 6) is -2.26. The Hall–Kier alpha value is -2.97. The van der Waals surface area contributed by atoms with Crippen molar-refractivity contribution in [2.45, 2.75) is 26.0 Å². The Labute approximate surface area is 131 Å². The van der Waals surface area contributed by atoms with Crippen molar-refractivity contribution in [3.8, 4) is 0 Å². The Morgan fingerprint density at radius 1 is 1.22 bits per heavy atom. The smallest absolute Gasteiger partial charge is 0.332 e. The first-order valence-corrected chi connectivity index (χ1v) is 6.53. The lowest BCUT2D eigenvalue weighted by molar-refractivity contribution is -0.386. The zero-order valence-corrected chi connectivity index (χ0v) is 12.8. The third-order valence-corrected chi connectivity index (χ3v) is 2.85. The third kappa shape index (κ3) is 4.77. The van der Waals surface area contributed by atoms with E-state index in [4.69, 9.17) is 4.74 Å². The number of nitrogens with one attached hydrogen (secondary N) is 1. The Balaban J connectivity index is 3.42. The zero-order chi connectivity index (χ0) is 17.6. The second-order valence-electron chi connectivity index (χ2n) is 4.55. The van der Waals surface area contributed by atoms with Crippen LogP contribution < -0.4 is 5.32 Å². The first kappa shape index (κ1) is 18.1. The van der Waals surface area contributed by atoms with Crippen molar-refractivity contribution in [3.05, 3.63) is 39.9 Å². The average molecular weight is 324 g/mol. The van der Waals surface area contributed by atoms with Crippen LogP contribution in [0, 0.1) is 10.1 Å². The molecule has 0 unspecified atom stereocenters. The van der Waals surface area contributed by atoms with Crippen LogP contribution in [0.5, 0.6) is 0 Å². The number of nitro groups is 1. The summed E-state index contributed by atoms with van der Waals surface area (Å²) >= 11 is 0. The summed E-state index contributed by atoms with van der Waals surface area (Å²) in [6.45, 7) is 2.24. The Morgan fingerprint density at radius 2 is 1.83 bits per heavy atom. The fourth-order valence-corrected chi connectivity index (χ4v) is 1.99. The molecule has 0 aromatic heterocycles. The van der Waals surface area contributed by atoms with E-state index in [2.05, 4.69) is 10.1 Å². The highest BCUT2D eigenvalue weighted by atomic mass is 16.6. The van der Waals surface area contributed by atoms with Crippen LogP contribution in [-0.4, -0.2) is 35.9 Å². The maximum Gasteiger partial charge on any atom is 0.332 e. The van der Waals surface area contributed by atoms with Gasteiger partial charge >= 0.3 is 11.9 Å². The number of nitro benzene ring substituents is 1. The molecule has 0 spiro atoms. The van der Waals surface area contributed by atoms with E-state index in [-0.39, 0.29) is 11.3 Å². The summed E-state index contributed by atoms with van der Waals surface area (Å²) in [5.41, 5.74) is -0.380. The molecule has 0 aliphatic heterocycles. The lowest BCUT2D eigenvalue weighted by atomic mass is 10.00. The second kappa shape index (κ2) is 7.87. The number of benzene rings is 1. The minimum atomic E-state index is -1.41. The Bertz CT molecular complexity index is 629.